The van der Waals surface area contributed by atoms with Crippen molar-refractivity contribution in [1.29, 1.82) is 0 Å². The van der Waals surface area contributed by atoms with Crippen LogP contribution in [0.2, 0.25) is 0 Å². The van der Waals surface area contributed by atoms with E-state index in [1.54, 1.807) is 12.2 Å². The van der Waals surface area contributed by atoms with Crippen LogP contribution in [0.4, 0.5) is 4.39 Å². The third-order valence-electron chi connectivity index (χ3n) is 6.09. The summed E-state index contributed by atoms with van der Waals surface area (Å²) in [6.45, 7) is 6.03. The Balaban J connectivity index is 1.36. The van der Waals surface area contributed by atoms with Gasteiger partial charge in [-0.3, -0.25) is 4.79 Å². The second kappa shape index (κ2) is 7.71. The molecule has 0 radical (unpaired) electrons. The molecule has 30 heavy (non-hydrogen) atoms. The number of amides is 1. The number of fused-ring (bicyclic) bond motifs is 2. The van der Waals surface area contributed by atoms with Gasteiger partial charge in [0.2, 0.25) is 0 Å². The Bertz CT molecular complexity index is 949. The molecule has 8 heteroatoms. The average Bonchev–Trinajstić information content (AvgIpc) is 2.97. The van der Waals surface area contributed by atoms with Crippen molar-refractivity contribution in [2.24, 2.45) is 0 Å². The second-order valence-corrected chi connectivity index (χ2v) is 9.79. The van der Waals surface area contributed by atoms with Gasteiger partial charge in [0.05, 0.1) is 11.5 Å². The largest absolute Gasteiger partial charge is 0.369 e. The number of halogens is 1. The minimum Gasteiger partial charge on any atom is -0.369 e. The Kier molecular flexibility index (Phi) is 5.03. The van der Waals surface area contributed by atoms with Crippen LogP contribution in [0.5, 0.6) is 0 Å². The van der Waals surface area contributed by atoms with Crippen molar-refractivity contribution in [3.63, 3.8) is 0 Å². The van der Waals surface area contributed by atoms with Gasteiger partial charge >= 0.3 is 0 Å². The zero-order valence-corrected chi connectivity index (χ0v) is 18.3. The van der Waals surface area contributed by atoms with E-state index in [9.17, 15) is 9.18 Å². The molecule has 0 aromatic rings. The summed E-state index contributed by atoms with van der Waals surface area (Å²) in [4.78, 5) is 21.3. The molecular formula is C22H27FN5OP. The molecular weight excluding hydrogens is 400 g/mol. The van der Waals surface area contributed by atoms with Gasteiger partial charge in [0.15, 0.2) is 6.17 Å². The number of carbonyl (C=O) groups is 1. The van der Waals surface area contributed by atoms with Crippen molar-refractivity contribution in [3.8, 4) is 0 Å². The van der Waals surface area contributed by atoms with E-state index in [0.717, 1.165) is 54.9 Å². The lowest BCUT2D eigenvalue weighted by Crippen LogP contribution is -2.39. The summed E-state index contributed by atoms with van der Waals surface area (Å²) in [5.74, 6) is -0.265. The molecule has 0 aromatic heterocycles. The maximum absolute atomic E-state index is 14.6. The molecule has 158 valence electrons. The SMILES string of the molecule is CC1=CN2C=C(C3=CC(=O)N4C=C(N5CCCN(C)CC5)C=CC4P3)C=C(F)C2N1. The van der Waals surface area contributed by atoms with E-state index >= 15 is 0 Å². The Morgan fingerprint density at radius 1 is 1.13 bits per heavy atom. The van der Waals surface area contributed by atoms with E-state index in [0.29, 0.717) is 8.58 Å². The van der Waals surface area contributed by atoms with Gasteiger partial charge in [-0.1, -0.05) is 14.7 Å². The normalized spacial score (nSPS) is 30.0. The van der Waals surface area contributed by atoms with E-state index in [-0.39, 0.29) is 17.5 Å². The number of carbonyl (C=O) groups excluding carboxylic acids is 1. The van der Waals surface area contributed by atoms with Crippen LogP contribution in [0.15, 0.2) is 71.0 Å². The predicted octanol–water partition coefficient (Wildman–Crippen LogP) is 2.61. The quantitative estimate of drug-likeness (QED) is 0.687. The first-order valence-corrected chi connectivity index (χ1v) is 11.5. The molecule has 0 aliphatic carbocycles. The zero-order valence-electron chi connectivity index (χ0n) is 17.3. The summed E-state index contributed by atoms with van der Waals surface area (Å²) in [6, 6.07) is 0. The fourth-order valence-electron chi connectivity index (χ4n) is 4.45. The summed E-state index contributed by atoms with van der Waals surface area (Å²) >= 11 is 0. The Morgan fingerprint density at radius 3 is 2.87 bits per heavy atom. The number of hydrogen-bond acceptors (Lipinski definition) is 5. The molecule has 1 N–H and O–H groups in total. The van der Waals surface area contributed by atoms with E-state index in [1.165, 1.54) is 0 Å². The Labute approximate surface area is 178 Å². The first kappa shape index (κ1) is 19.6. The van der Waals surface area contributed by atoms with Crippen LogP contribution in [0.25, 0.3) is 0 Å². The van der Waals surface area contributed by atoms with Gasteiger partial charge in [-0.05, 0) is 44.4 Å². The smallest absolute Gasteiger partial charge is 0.252 e. The Morgan fingerprint density at radius 2 is 2.00 bits per heavy atom. The fourth-order valence-corrected chi connectivity index (χ4v) is 5.81. The topological polar surface area (TPSA) is 42.1 Å². The van der Waals surface area contributed by atoms with Gasteiger partial charge in [-0.15, -0.1) is 0 Å². The van der Waals surface area contributed by atoms with Crippen molar-refractivity contribution in [1.82, 2.24) is 24.9 Å². The van der Waals surface area contributed by atoms with Crippen LogP contribution < -0.4 is 5.32 Å². The first-order chi connectivity index (χ1) is 14.5. The number of nitrogens with one attached hydrogen (secondary N) is 1. The van der Waals surface area contributed by atoms with Gasteiger partial charge in [0, 0.05) is 55.6 Å². The van der Waals surface area contributed by atoms with Crippen LogP contribution in [-0.4, -0.2) is 70.7 Å². The molecule has 1 amide bonds. The van der Waals surface area contributed by atoms with Gasteiger partial charge in [-0.2, -0.15) is 0 Å². The molecule has 3 atom stereocenters. The second-order valence-electron chi connectivity index (χ2n) is 8.37. The van der Waals surface area contributed by atoms with Crippen molar-refractivity contribution in [2.45, 2.75) is 25.3 Å². The minimum absolute atomic E-state index is 0.0000300. The van der Waals surface area contributed by atoms with Crippen molar-refractivity contribution in [3.05, 3.63) is 71.0 Å². The maximum Gasteiger partial charge on any atom is 0.252 e. The highest BCUT2D eigenvalue weighted by Crippen LogP contribution is 2.44. The number of likely N-dealkylation sites (N-methyl/N-ethyl adjacent to an activating group) is 1. The molecule has 0 spiro atoms. The predicted molar refractivity (Wildman–Crippen MR) is 118 cm³/mol. The van der Waals surface area contributed by atoms with Gasteiger partial charge in [0.25, 0.3) is 5.91 Å². The fraction of sp³-hybridized carbons (Fsp3) is 0.409. The van der Waals surface area contributed by atoms with Crippen molar-refractivity contribution >= 4 is 14.5 Å². The molecule has 1 saturated heterocycles. The summed E-state index contributed by atoms with van der Waals surface area (Å²) in [6.07, 6.45) is 14.0. The molecule has 1 fully saturated rings. The first-order valence-electron chi connectivity index (χ1n) is 10.4. The number of rotatable bonds is 2. The van der Waals surface area contributed by atoms with Gasteiger partial charge < -0.3 is 24.9 Å². The third kappa shape index (κ3) is 3.61. The maximum atomic E-state index is 14.6. The van der Waals surface area contributed by atoms with Crippen molar-refractivity contribution < 1.29 is 9.18 Å². The van der Waals surface area contributed by atoms with E-state index in [4.69, 9.17) is 0 Å². The summed E-state index contributed by atoms with van der Waals surface area (Å²) < 4.78 is 14.6. The van der Waals surface area contributed by atoms with E-state index in [1.807, 2.05) is 35.3 Å². The molecule has 5 aliphatic heterocycles. The Hall–Kier alpha value is -2.37. The number of allylic oxidation sites excluding steroid dienone is 5. The minimum atomic E-state index is -0.457. The third-order valence-corrected chi connectivity index (χ3v) is 7.60. The zero-order chi connectivity index (χ0) is 20.8. The standard InChI is InChI=1S/C22H27FN5OP/c1-15-12-27-13-16(10-18(23)22(27)24-15)19-11-20(29)28-14-17(4-5-21(28)30-19)26-7-3-6-25(2)8-9-26/h4-5,10-14,21-22,24,30H,3,6-9H2,1-2H3. The molecule has 0 aromatic carbocycles. The highest BCUT2D eigenvalue weighted by Gasteiger charge is 2.33. The molecule has 6 nitrogen and oxygen atoms in total. The van der Waals surface area contributed by atoms with Gasteiger partial charge in [0.1, 0.15) is 5.83 Å². The highest BCUT2D eigenvalue weighted by atomic mass is 31.1. The van der Waals surface area contributed by atoms with E-state index in [2.05, 4.69) is 34.3 Å². The van der Waals surface area contributed by atoms with Crippen LogP contribution in [0.1, 0.15) is 13.3 Å². The summed E-state index contributed by atoms with van der Waals surface area (Å²) in [7, 11) is 2.53. The monoisotopic (exact) mass is 427 g/mol. The lowest BCUT2D eigenvalue weighted by Gasteiger charge is -2.37. The molecule has 0 bridgehead atoms. The number of nitrogens with zero attached hydrogens (tertiary/aromatic N) is 4. The van der Waals surface area contributed by atoms with Crippen LogP contribution in [0.3, 0.4) is 0 Å². The molecule has 5 aliphatic rings. The van der Waals surface area contributed by atoms with Crippen LogP contribution >= 0.6 is 8.58 Å². The van der Waals surface area contributed by atoms with E-state index < -0.39 is 6.17 Å². The number of hydrogen-bond donors (Lipinski definition) is 1. The van der Waals surface area contributed by atoms with Gasteiger partial charge in [-0.25, -0.2) is 4.39 Å². The average molecular weight is 427 g/mol. The lowest BCUT2D eigenvalue weighted by atomic mass is 10.1. The summed E-state index contributed by atoms with van der Waals surface area (Å²) in [5.41, 5.74) is 2.81. The molecule has 0 saturated carbocycles. The van der Waals surface area contributed by atoms with Crippen LogP contribution in [0, 0.1) is 0 Å². The molecule has 5 heterocycles. The summed E-state index contributed by atoms with van der Waals surface area (Å²) in [5, 5.41) is 4.01. The highest BCUT2D eigenvalue weighted by molar-refractivity contribution is 7.44. The molecule has 3 unspecified atom stereocenters. The van der Waals surface area contributed by atoms with Crippen molar-refractivity contribution in [2.75, 3.05) is 33.2 Å². The molecule has 5 rings (SSSR count). The lowest BCUT2D eigenvalue weighted by molar-refractivity contribution is -0.124. The van der Waals surface area contributed by atoms with Crippen LogP contribution in [-0.2, 0) is 4.79 Å².